The Bertz CT molecular complexity index is 825. The van der Waals surface area contributed by atoms with Crippen LogP contribution in [0.4, 0.5) is 0 Å². The Labute approximate surface area is 162 Å². The number of thiazole rings is 1. The first-order valence-corrected chi connectivity index (χ1v) is 9.34. The summed E-state index contributed by atoms with van der Waals surface area (Å²) in [5, 5.41) is 12.6. The number of hydrogen-bond donors (Lipinski definition) is 2. The predicted octanol–water partition coefficient (Wildman–Crippen LogP) is 3.29. The summed E-state index contributed by atoms with van der Waals surface area (Å²) < 4.78 is 10.7. The van der Waals surface area contributed by atoms with Crippen LogP contribution >= 0.6 is 11.3 Å². The van der Waals surface area contributed by atoms with Gasteiger partial charge in [0.05, 0.1) is 17.8 Å². The summed E-state index contributed by atoms with van der Waals surface area (Å²) in [4.78, 5) is 29.1. The van der Waals surface area contributed by atoms with Crippen molar-refractivity contribution in [3.8, 4) is 11.5 Å². The van der Waals surface area contributed by atoms with Crippen molar-refractivity contribution in [3.05, 3.63) is 39.3 Å². The van der Waals surface area contributed by atoms with Crippen LogP contribution in [-0.2, 0) is 10.3 Å². The molecule has 0 aliphatic heterocycles. The third-order valence-electron chi connectivity index (χ3n) is 3.85. The van der Waals surface area contributed by atoms with Gasteiger partial charge in [-0.1, -0.05) is 0 Å². The third kappa shape index (κ3) is 5.19. The second-order valence-corrected chi connectivity index (χ2v) is 7.72. The minimum atomic E-state index is -1.09. The number of aliphatic carboxylic acids is 1. The number of nitrogens with one attached hydrogen (secondary N) is 1. The zero-order valence-corrected chi connectivity index (χ0v) is 16.9. The third-order valence-corrected chi connectivity index (χ3v) is 5.24. The predicted molar refractivity (Wildman–Crippen MR) is 103 cm³/mol. The van der Waals surface area contributed by atoms with E-state index in [9.17, 15) is 9.59 Å². The molecule has 0 bridgehead atoms. The number of benzene rings is 1. The van der Waals surface area contributed by atoms with Crippen molar-refractivity contribution in [1.82, 2.24) is 10.3 Å². The van der Waals surface area contributed by atoms with Crippen molar-refractivity contribution in [3.63, 3.8) is 0 Å². The van der Waals surface area contributed by atoms with Crippen LogP contribution in [0.2, 0.25) is 0 Å². The molecular formula is C19H24N2O5S. The van der Waals surface area contributed by atoms with E-state index >= 15 is 0 Å². The maximum Gasteiger partial charge on any atom is 0.341 e. The van der Waals surface area contributed by atoms with Crippen molar-refractivity contribution in [2.45, 2.75) is 40.2 Å². The Morgan fingerprint density at radius 2 is 1.93 bits per heavy atom. The highest BCUT2D eigenvalue weighted by Gasteiger charge is 2.28. The topological polar surface area (TPSA) is 97.8 Å². The molecule has 1 amide bonds. The van der Waals surface area contributed by atoms with Crippen molar-refractivity contribution in [2.75, 3.05) is 13.2 Å². The number of ether oxygens (including phenoxy) is 2. The second-order valence-electron chi connectivity index (χ2n) is 6.52. The number of nitrogens with zero attached hydrogens (tertiary/aromatic N) is 1. The normalized spacial score (nSPS) is 11.1. The van der Waals surface area contributed by atoms with Gasteiger partial charge in [0, 0.05) is 10.4 Å². The average molecular weight is 392 g/mol. The van der Waals surface area contributed by atoms with Gasteiger partial charge in [0.25, 0.3) is 5.91 Å². The van der Waals surface area contributed by atoms with Gasteiger partial charge in [0.2, 0.25) is 0 Å². The quantitative estimate of drug-likeness (QED) is 0.715. The largest absolute Gasteiger partial charge is 0.490 e. The van der Waals surface area contributed by atoms with E-state index in [0.717, 1.165) is 15.6 Å². The first kappa shape index (κ1) is 20.7. The zero-order valence-electron chi connectivity index (χ0n) is 16.1. The Hall–Kier alpha value is -2.61. The molecule has 8 heteroatoms. The van der Waals surface area contributed by atoms with Crippen molar-refractivity contribution in [2.24, 2.45) is 0 Å². The van der Waals surface area contributed by atoms with Gasteiger partial charge in [-0.2, -0.15) is 0 Å². The van der Waals surface area contributed by atoms with Gasteiger partial charge in [0.1, 0.15) is 5.01 Å². The van der Waals surface area contributed by atoms with E-state index in [0.29, 0.717) is 17.9 Å². The molecule has 2 rings (SSSR count). The molecule has 0 spiro atoms. The fourth-order valence-corrected chi connectivity index (χ4v) is 3.30. The maximum absolute atomic E-state index is 12.7. The summed E-state index contributed by atoms with van der Waals surface area (Å²) in [5.41, 5.74) is 0.709. The summed E-state index contributed by atoms with van der Waals surface area (Å²) in [7, 11) is 0. The summed E-state index contributed by atoms with van der Waals surface area (Å²) in [6.45, 7) is 9.41. The van der Waals surface area contributed by atoms with E-state index in [-0.39, 0.29) is 11.7 Å². The van der Waals surface area contributed by atoms with Crippen LogP contribution < -0.4 is 14.8 Å². The molecule has 1 aromatic carbocycles. The lowest BCUT2D eigenvalue weighted by molar-refractivity contribution is -0.139. The lowest BCUT2D eigenvalue weighted by atomic mass is 10.1. The second kappa shape index (κ2) is 8.39. The molecule has 2 N–H and O–H groups in total. The van der Waals surface area contributed by atoms with Crippen molar-refractivity contribution < 1.29 is 24.2 Å². The number of carbonyl (C=O) groups is 2. The fourth-order valence-electron chi connectivity index (χ4n) is 2.33. The molecule has 1 heterocycles. The number of rotatable bonds is 8. The number of carbonyl (C=O) groups excluding carboxylic acids is 1. The van der Waals surface area contributed by atoms with Crippen LogP contribution in [0.1, 0.15) is 46.7 Å². The molecule has 1 aromatic heterocycles. The lowest BCUT2D eigenvalue weighted by Gasteiger charge is -2.24. The standard InChI is InChI=1S/C19H24N2O5S/c1-6-25-15-9-13(7-8-14(15)26-10-16(22)23)17(24)21-19(4,5)18-20-11(2)12(3)27-18/h7-9H,6,10H2,1-5H3,(H,21,24)(H,22,23). The van der Waals surface area contributed by atoms with E-state index in [4.69, 9.17) is 14.6 Å². The first-order valence-electron chi connectivity index (χ1n) is 8.52. The summed E-state index contributed by atoms with van der Waals surface area (Å²) in [6, 6.07) is 4.65. The molecule has 7 nitrogen and oxygen atoms in total. The highest BCUT2D eigenvalue weighted by atomic mass is 32.1. The smallest absolute Gasteiger partial charge is 0.341 e. The molecule has 0 fully saturated rings. The summed E-state index contributed by atoms with van der Waals surface area (Å²) in [6.07, 6.45) is 0. The average Bonchev–Trinajstić information content (AvgIpc) is 2.93. The minimum Gasteiger partial charge on any atom is -0.490 e. The van der Waals surface area contributed by atoms with E-state index in [1.54, 1.807) is 30.4 Å². The number of carboxylic acids is 1. The van der Waals surface area contributed by atoms with Gasteiger partial charge in [-0.05, 0) is 52.8 Å². The van der Waals surface area contributed by atoms with E-state index in [1.807, 2.05) is 27.7 Å². The Morgan fingerprint density at radius 3 is 2.48 bits per heavy atom. The summed E-state index contributed by atoms with van der Waals surface area (Å²) >= 11 is 1.56. The van der Waals surface area contributed by atoms with Crippen molar-refractivity contribution >= 4 is 23.2 Å². The molecular weight excluding hydrogens is 368 g/mol. The summed E-state index contributed by atoms with van der Waals surface area (Å²) in [5.74, 6) is -0.766. The van der Waals surface area contributed by atoms with Gasteiger partial charge in [-0.3, -0.25) is 4.79 Å². The van der Waals surface area contributed by atoms with Crippen LogP contribution in [0, 0.1) is 13.8 Å². The Balaban J connectivity index is 2.21. The number of hydrogen-bond acceptors (Lipinski definition) is 6. The van der Waals surface area contributed by atoms with Gasteiger partial charge in [-0.25, -0.2) is 9.78 Å². The van der Waals surface area contributed by atoms with Crippen LogP contribution in [0.25, 0.3) is 0 Å². The van der Waals surface area contributed by atoms with E-state index in [2.05, 4.69) is 10.3 Å². The monoisotopic (exact) mass is 392 g/mol. The molecule has 146 valence electrons. The van der Waals surface area contributed by atoms with E-state index < -0.39 is 18.1 Å². The van der Waals surface area contributed by atoms with Gasteiger partial charge < -0.3 is 19.9 Å². The zero-order chi connectivity index (χ0) is 20.2. The Morgan fingerprint density at radius 1 is 1.22 bits per heavy atom. The number of amides is 1. The highest BCUT2D eigenvalue weighted by molar-refractivity contribution is 7.11. The fraction of sp³-hybridized carbons (Fsp3) is 0.421. The Kier molecular flexibility index (Phi) is 6.43. The lowest BCUT2D eigenvalue weighted by Crippen LogP contribution is -2.41. The van der Waals surface area contributed by atoms with E-state index in [1.165, 1.54) is 6.07 Å². The van der Waals surface area contributed by atoms with Crippen molar-refractivity contribution in [1.29, 1.82) is 0 Å². The van der Waals surface area contributed by atoms with Gasteiger partial charge in [0.15, 0.2) is 18.1 Å². The number of carboxylic acid groups (broad SMARTS) is 1. The van der Waals surface area contributed by atoms with Crippen LogP contribution in [0.15, 0.2) is 18.2 Å². The highest BCUT2D eigenvalue weighted by Crippen LogP contribution is 2.30. The molecule has 0 aliphatic rings. The molecule has 0 radical (unpaired) electrons. The molecule has 0 saturated carbocycles. The molecule has 27 heavy (non-hydrogen) atoms. The first-order chi connectivity index (χ1) is 12.6. The SMILES string of the molecule is CCOc1cc(C(=O)NC(C)(C)c2nc(C)c(C)s2)ccc1OCC(=O)O. The van der Waals surface area contributed by atoms with Gasteiger partial charge >= 0.3 is 5.97 Å². The van der Waals surface area contributed by atoms with Gasteiger partial charge in [-0.15, -0.1) is 11.3 Å². The molecule has 0 aliphatic carbocycles. The van der Waals surface area contributed by atoms with Crippen LogP contribution in [-0.4, -0.2) is 35.2 Å². The molecule has 0 unspecified atom stereocenters. The molecule has 2 aromatic rings. The van der Waals surface area contributed by atoms with Crippen LogP contribution in [0.5, 0.6) is 11.5 Å². The number of aromatic nitrogens is 1. The van der Waals surface area contributed by atoms with Crippen LogP contribution in [0.3, 0.4) is 0 Å². The number of aryl methyl sites for hydroxylation is 2. The molecule has 0 saturated heterocycles. The maximum atomic E-state index is 12.7. The minimum absolute atomic E-state index is 0.279. The molecule has 0 atom stereocenters.